The number of allylic oxidation sites excluding steroid dienone is 2. The predicted octanol–water partition coefficient (Wildman–Crippen LogP) is 3.49. The maximum absolute atomic E-state index is 13.2. The third kappa shape index (κ3) is 6.47. The second-order valence-corrected chi connectivity index (χ2v) is 10.3. The van der Waals surface area contributed by atoms with Crippen LogP contribution in [0.15, 0.2) is 47.9 Å². The molecule has 1 N–H and O–H groups in total. The average Bonchev–Trinajstić information content (AvgIpc) is 3.15. The van der Waals surface area contributed by atoms with E-state index >= 15 is 0 Å². The number of carbonyl (C=O) groups is 2. The lowest BCUT2D eigenvalue weighted by Gasteiger charge is -2.36. The number of nitrogens with zero attached hydrogens (tertiary/aromatic N) is 3. The molecule has 9 nitrogen and oxygen atoms in total. The Morgan fingerprint density at radius 1 is 0.914 bits per heavy atom. The Morgan fingerprint density at radius 2 is 1.49 bits per heavy atom. The van der Waals surface area contributed by atoms with Crippen molar-refractivity contribution < 1.29 is 27.3 Å². The number of benzene rings is 1. The second kappa shape index (κ2) is 11.8. The molecule has 35 heavy (non-hydrogen) atoms. The van der Waals surface area contributed by atoms with Crippen LogP contribution in [0.1, 0.15) is 46.0 Å². The van der Waals surface area contributed by atoms with Crippen LogP contribution in [0, 0.1) is 0 Å². The monoisotopic (exact) mass is 521 g/mol. The Balaban J connectivity index is 1.92. The Bertz CT molecular complexity index is 1110. The number of ether oxygens (including phenoxy) is 1. The molecule has 0 aromatic heterocycles. The van der Waals surface area contributed by atoms with E-state index in [0.717, 1.165) is 31.4 Å². The molecule has 2 aliphatic heterocycles. The lowest BCUT2D eigenvalue weighted by molar-refractivity contribution is -0.133. The number of unbranched alkanes of at least 4 members (excludes halogenated alkanes) is 2. The van der Waals surface area contributed by atoms with Gasteiger partial charge in [-0.1, -0.05) is 38.8 Å². The molecule has 3 rings (SSSR count). The van der Waals surface area contributed by atoms with Gasteiger partial charge in [-0.3, -0.25) is 23.9 Å². The molecule has 0 saturated carbocycles. The van der Waals surface area contributed by atoms with E-state index < -0.39 is 27.7 Å². The van der Waals surface area contributed by atoms with Crippen molar-refractivity contribution in [2.45, 2.75) is 46.0 Å². The average molecular weight is 522 g/mol. The molecule has 1 saturated heterocycles. The summed E-state index contributed by atoms with van der Waals surface area (Å²) in [5.41, 5.74) is 0.722. The van der Waals surface area contributed by atoms with Crippen LogP contribution in [0.3, 0.4) is 0 Å². The van der Waals surface area contributed by atoms with Gasteiger partial charge in [-0.2, -0.15) is 8.42 Å². The fourth-order valence-corrected chi connectivity index (χ4v) is 4.68. The van der Waals surface area contributed by atoms with Crippen molar-refractivity contribution in [3.05, 3.63) is 47.9 Å². The number of anilines is 1. The highest BCUT2D eigenvalue weighted by molar-refractivity contribution is 7.85. The summed E-state index contributed by atoms with van der Waals surface area (Å²) in [4.78, 5) is 31.1. The van der Waals surface area contributed by atoms with Crippen molar-refractivity contribution in [2.24, 2.45) is 0 Å². The molecule has 2 amide bonds. The third-order valence-electron chi connectivity index (χ3n) is 5.70. The van der Waals surface area contributed by atoms with Crippen LogP contribution in [-0.2, 0) is 19.7 Å². The summed E-state index contributed by atoms with van der Waals surface area (Å²) in [5.74, 6) is -0.352. The molecule has 0 aliphatic carbocycles. The Labute approximate surface area is 211 Å². The van der Waals surface area contributed by atoms with Crippen molar-refractivity contribution in [2.75, 3.05) is 30.3 Å². The largest absolute Gasteiger partial charge is 0.439 e. The molecule has 1 fully saturated rings. The molecule has 0 atom stereocenters. The van der Waals surface area contributed by atoms with Crippen LogP contribution in [0.2, 0.25) is 0 Å². The number of hydrogen-bond donors (Lipinski definition) is 1. The minimum absolute atomic E-state index is 0.00394. The molecule has 0 radical (unpaired) electrons. The van der Waals surface area contributed by atoms with E-state index in [1.54, 1.807) is 17.0 Å². The van der Waals surface area contributed by atoms with E-state index in [1.165, 1.54) is 15.9 Å². The first kappa shape index (κ1) is 26.8. The molecule has 2 heterocycles. The van der Waals surface area contributed by atoms with Crippen LogP contribution >= 0.6 is 12.2 Å². The number of amides is 2. The van der Waals surface area contributed by atoms with Gasteiger partial charge in [0.05, 0.1) is 11.4 Å². The lowest BCUT2D eigenvalue weighted by Crippen LogP contribution is -2.56. The fraction of sp³-hybridized carbons (Fsp3) is 0.458. The van der Waals surface area contributed by atoms with E-state index in [9.17, 15) is 18.0 Å². The molecule has 190 valence electrons. The van der Waals surface area contributed by atoms with Crippen molar-refractivity contribution in [3.8, 4) is 5.75 Å². The number of thiocarbonyl (C=S) groups is 1. The molecule has 1 aromatic rings. The van der Waals surface area contributed by atoms with E-state index in [2.05, 4.69) is 0 Å². The molecule has 1 aromatic carbocycles. The summed E-state index contributed by atoms with van der Waals surface area (Å²) >= 11 is 5.48. The molecule has 0 unspecified atom stereocenters. The van der Waals surface area contributed by atoms with E-state index in [0.29, 0.717) is 24.7 Å². The highest BCUT2D eigenvalue weighted by Gasteiger charge is 2.38. The zero-order valence-electron chi connectivity index (χ0n) is 20.0. The van der Waals surface area contributed by atoms with Crippen LogP contribution in [0.4, 0.5) is 5.69 Å². The second-order valence-electron chi connectivity index (χ2n) is 8.35. The van der Waals surface area contributed by atoms with Crippen LogP contribution in [0.5, 0.6) is 5.75 Å². The highest BCUT2D eigenvalue weighted by Crippen LogP contribution is 2.38. The normalized spacial score (nSPS) is 17.3. The van der Waals surface area contributed by atoms with Crippen LogP contribution in [0.25, 0.3) is 0 Å². The molecular weight excluding hydrogens is 490 g/mol. The van der Waals surface area contributed by atoms with Crippen LogP contribution < -0.4 is 9.64 Å². The SMILES string of the molecule is CCCCN1C(=O)C(=C/C=C2\Oc3ccccc3N2CCCS(=O)(=O)O)C(=O)N(CCCC)C1=S. The number of rotatable bonds is 11. The van der Waals surface area contributed by atoms with Gasteiger partial charge in [0.25, 0.3) is 21.9 Å². The smallest absolute Gasteiger partial charge is 0.265 e. The quantitative estimate of drug-likeness (QED) is 0.204. The first-order chi connectivity index (χ1) is 16.7. The first-order valence-electron chi connectivity index (χ1n) is 11.8. The maximum atomic E-state index is 13.2. The van der Waals surface area contributed by atoms with Crippen molar-refractivity contribution in [1.29, 1.82) is 0 Å². The summed E-state index contributed by atoms with van der Waals surface area (Å²) in [7, 11) is -4.10. The number of fused-ring (bicyclic) bond motifs is 1. The Kier molecular flexibility index (Phi) is 9.03. The van der Waals surface area contributed by atoms with Crippen molar-refractivity contribution in [1.82, 2.24) is 9.80 Å². The van der Waals surface area contributed by atoms with Gasteiger partial charge < -0.3 is 9.64 Å². The summed E-state index contributed by atoms with van der Waals surface area (Å²) in [6, 6.07) is 7.23. The van der Waals surface area contributed by atoms with Gasteiger partial charge in [0.15, 0.2) is 10.9 Å². The minimum atomic E-state index is -4.10. The van der Waals surface area contributed by atoms with Gasteiger partial charge in [0.1, 0.15) is 5.57 Å². The zero-order chi connectivity index (χ0) is 25.6. The Hall–Kier alpha value is -2.76. The molecule has 2 aliphatic rings. The summed E-state index contributed by atoms with van der Waals surface area (Å²) in [6.07, 6.45) is 6.43. The van der Waals surface area contributed by atoms with Gasteiger partial charge in [-0.15, -0.1) is 0 Å². The maximum Gasteiger partial charge on any atom is 0.265 e. The summed E-state index contributed by atoms with van der Waals surface area (Å²) in [5, 5.41) is 0.239. The lowest BCUT2D eigenvalue weighted by atomic mass is 10.1. The Morgan fingerprint density at radius 3 is 2.06 bits per heavy atom. The van der Waals surface area contributed by atoms with Gasteiger partial charge in [0.2, 0.25) is 5.88 Å². The first-order valence-corrected chi connectivity index (χ1v) is 13.8. The number of para-hydroxylation sites is 2. The van der Waals surface area contributed by atoms with Gasteiger partial charge in [-0.05, 0) is 55.8 Å². The van der Waals surface area contributed by atoms with E-state index in [4.69, 9.17) is 21.5 Å². The molecule has 0 bridgehead atoms. The third-order valence-corrected chi connectivity index (χ3v) is 6.94. The fourth-order valence-electron chi connectivity index (χ4n) is 3.84. The number of carbonyl (C=O) groups excluding carboxylic acids is 2. The summed E-state index contributed by atoms with van der Waals surface area (Å²) < 4.78 is 37.3. The summed E-state index contributed by atoms with van der Waals surface area (Å²) in [6.45, 7) is 5.15. The van der Waals surface area contributed by atoms with Gasteiger partial charge >= 0.3 is 0 Å². The van der Waals surface area contributed by atoms with Gasteiger partial charge in [-0.25, -0.2) is 0 Å². The number of hydrogen-bond acceptors (Lipinski definition) is 7. The van der Waals surface area contributed by atoms with E-state index in [1.807, 2.05) is 32.0 Å². The molecule has 0 spiro atoms. The van der Waals surface area contributed by atoms with Crippen molar-refractivity contribution in [3.63, 3.8) is 0 Å². The minimum Gasteiger partial charge on any atom is -0.439 e. The van der Waals surface area contributed by atoms with Crippen LogP contribution in [-0.4, -0.2) is 65.1 Å². The van der Waals surface area contributed by atoms with E-state index in [-0.39, 0.29) is 23.7 Å². The molecular formula is C24H31N3O6S2. The zero-order valence-corrected chi connectivity index (χ0v) is 21.6. The van der Waals surface area contributed by atoms with Crippen molar-refractivity contribution >= 4 is 45.0 Å². The highest BCUT2D eigenvalue weighted by atomic mass is 32.2. The predicted molar refractivity (Wildman–Crippen MR) is 137 cm³/mol. The van der Waals surface area contributed by atoms with Gasteiger partial charge in [0, 0.05) is 19.6 Å². The standard InChI is InChI=1S/C24H31N3O6S2/c1-3-5-14-26-22(28)18(23(29)27(24(26)34)15-6-4-2)12-13-21-25(16-9-17-35(30,31)32)19-10-7-8-11-20(19)33-21/h7-8,10-13H,3-6,9,14-17H2,1-2H3,(H,30,31,32)/b21-13-. The molecule has 11 heteroatoms. The topological polar surface area (TPSA) is 107 Å².